The summed E-state index contributed by atoms with van der Waals surface area (Å²) in [5.74, 6) is -1.17. The Hall–Kier alpha value is -3.65. The monoisotopic (exact) mass is 584 g/mol. The molecule has 204 valence electrons. The number of amides is 2. The Balaban J connectivity index is 1.61. The van der Waals surface area contributed by atoms with Crippen LogP contribution in [0.15, 0.2) is 71.6 Å². The van der Waals surface area contributed by atoms with E-state index in [1.54, 1.807) is 42.5 Å². The molecule has 0 spiro atoms. The summed E-state index contributed by atoms with van der Waals surface area (Å²) < 4.78 is 30.4. The molecule has 0 saturated heterocycles. The number of carbonyl (C=O) groups is 2. The molecule has 1 aromatic heterocycles. The van der Waals surface area contributed by atoms with Crippen molar-refractivity contribution in [1.29, 1.82) is 0 Å². The lowest BCUT2D eigenvalue weighted by atomic mass is 10.1. The Morgan fingerprint density at radius 1 is 1.00 bits per heavy atom. The van der Waals surface area contributed by atoms with Crippen LogP contribution >= 0.6 is 23.6 Å². The summed E-state index contributed by atoms with van der Waals surface area (Å²) in [5.41, 5.74) is 1.62. The maximum Gasteiger partial charge on any atom is 0.248 e. The Morgan fingerprint density at radius 3 is 2.36 bits per heavy atom. The van der Waals surface area contributed by atoms with E-state index in [0.717, 1.165) is 28.0 Å². The predicted octanol–water partition coefficient (Wildman–Crippen LogP) is 3.45. The number of H-pyrrole nitrogens is 1. The van der Waals surface area contributed by atoms with Crippen molar-refractivity contribution in [3.05, 3.63) is 76.2 Å². The van der Waals surface area contributed by atoms with Gasteiger partial charge >= 0.3 is 0 Å². The van der Waals surface area contributed by atoms with E-state index in [-0.39, 0.29) is 16.4 Å². The second kappa shape index (κ2) is 12.0. The Labute approximate surface area is 235 Å². The molecule has 0 fully saturated rings. The van der Waals surface area contributed by atoms with Crippen LogP contribution in [0.1, 0.15) is 12.5 Å². The molecule has 0 radical (unpaired) electrons. The van der Waals surface area contributed by atoms with Gasteiger partial charge in [0.15, 0.2) is 3.95 Å². The first-order chi connectivity index (χ1) is 18.5. The van der Waals surface area contributed by atoms with Gasteiger partial charge in [-0.2, -0.15) is 4.72 Å². The molecule has 4 rings (SSSR count). The molecule has 10 nitrogen and oxygen atoms in total. The highest BCUT2D eigenvalue weighted by Gasteiger charge is 2.29. The van der Waals surface area contributed by atoms with E-state index >= 15 is 0 Å². The van der Waals surface area contributed by atoms with Gasteiger partial charge in [0, 0.05) is 30.6 Å². The third-order valence-electron chi connectivity index (χ3n) is 5.95. The van der Waals surface area contributed by atoms with Gasteiger partial charge in [0.25, 0.3) is 0 Å². The van der Waals surface area contributed by atoms with Gasteiger partial charge in [-0.1, -0.05) is 65.9 Å². The number of anilines is 2. The van der Waals surface area contributed by atoms with E-state index in [9.17, 15) is 18.0 Å². The number of carbonyl (C=O) groups excluding carboxylic acids is 2. The van der Waals surface area contributed by atoms with Gasteiger partial charge in [-0.25, -0.2) is 8.42 Å². The molecule has 2 atom stereocenters. The molecule has 0 saturated carbocycles. The number of sulfonamides is 1. The van der Waals surface area contributed by atoms with E-state index in [1.165, 1.54) is 13.0 Å². The number of aromatic nitrogens is 2. The number of nitrogens with zero attached hydrogens (tertiary/aromatic N) is 2. The molecule has 39 heavy (non-hydrogen) atoms. The molecule has 2 unspecified atom stereocenters. The zero-order valence-corrected chi connectivity index (χ0v) is 23.9. The highest BCUT2D eigenvalue weighted by molar-refractivity contribution is 7.89. The van der Waals surface area contributed by atoms with Crippen LogP contribution in [-0.4, -0.2) is 56.6 Å². The van der Waals surface area contributed by atoms with Gasteiger partial charge < -0.3 is 10.2 Å². The topological polar surface area (TPSA) is 136 Å². The molecule has 0 aliphatic carbocycles. The Morgan fingerprint density at radius 2 is 1.69 bits per heavy atom. The van der Waals surface area contributed by atoms with Gasteiger partial charge in [0.1, 0.15) is 12.1 Å². The maximum absolute atomic E-state index is 13.7. The minimum absolute atomic E-state index is 0.0556. The normalized spacial score (nSPS) is 13.0. The lowest BCUT2D eigenvalue weighted by Crippen LogP contribution is -2.52. The molecule has 1 heterocycles. The van der Waals surface area contributed by atoms with Crippen LogP contribution < -0.4 is 20.3 Å². The zero-order chi connectivity index (χ0) is 28.2. The standard InChI is InChI=1S/C26H28N6O4S3/c1-16(23(33)28-25-29-30-26(37)38-25)27-24(34)20(15-17-9-5-4-6-10-17)31-39(35,36)22-14-8-11-18-19(22)12-7-13-21(18)32(2)3/h4-14,16,20,31H,15H2,1-3H3,(H,27,34)(H,30,37)(H,28,29,33). The summed E-state index contributed by atoms with van der Waals surface area (Å²) in [6.07, 6.45) is 0.0781. The zero-order valence-electron chi connectivity index (χ0n) is 21.5. The number of aromatic amines is 1. The highest BCUT2D eigenvalue weighted by Crippen LogP contribution is 2.30. The lowest BCUT2D eigenvalue weighted by molar-refractivity contribution is -0.127. The first kappa shape index (κ1) is 28.4. The summed E-state index contributed by atoms with van der Waals surface area (Å²) in [4.78, 5) is 28.0. The van der Waals surface area contributed by atoms with Crippen LogP contribution in [-0.2, 0) is 26.0 Å². The van der Waals surface area contributed by atoms with Gasteiger partial charge in [-0.05, 0) is 43.3 Å². The van der Waals surface area contributed by atoms with Crippen molar-refractivity contribution in [2.75, 3.05) is 24.3 Å². The van der Waals surface area contributed by atoms with Crippen LogP contribution in [0.5, 0.6) is 0 Å². The number of fused-ring (bicyclic) bond motifs is 1. The first-order valence-electron chi connectivity index (χ1n) is 12.0. The third-order valence-corrected chi connectivity index (χ3v) is 8.48. The lowest BCUT2D eigenvalue weighted by Gasteiger charge is -2.22. The molecule has 0 aliphatic heterocycles. The number of hydrogen-bond acceptors (Lipinski definition) is 8. The second-order valence-electron chi connectivity index (χ2n) is 9.02. The second-order valence-corrected chi connectivity index (χ2v) is 12.4. The summed E-state index contributed by atoms with van der Waals surface area (Å²) in [6.45, 7) is 1.50. The van der Waals surface area contributed by atoms with Gasteiger partial charge in [-0.3, -0.25) is 20.0 Å². The fourth-order valence-corrected chi connectivity index (χ4v) is 6.26. The summed E-state index contributed by atoms with van der Waals surface area (Å²) in [6, 6.07) is 17.4. The number of hydrogen-bond donors (Lipinski definition) is 4. The van der Waals surface area contributed by atoms with Crippen molar-refractivity contribution in [3.8, 4) is 0 Å². The average Bonchev–Trinajstić information content (AvgIpc) is 3.32. The third kappa shape index (κ3) is 6.87. The fraction of sp³-hybridized carbons (Fsp3) is 0.231. The van der Waals surface area contributed by atoms with Crippen molar-refractivity contribution in [2.24, 2.45) is 0 Å². The molecular formula is C26H28N6O4S3. The molecule has 2 amide bonds. The van der Waals surface area contributed by atoms with Crippen LogP contribution in [0, 0.1) is 3.95 Å². The molecule has 3 aromatic carbocycles. The Kier molecular flexibility index (Phi) is 8.75. The molecule has 0 aliphatic rings. The van der Waals surface area contributed by atoms with Gasteiger partial charge in [-0.15, -0.1) is 5.10 Å². The van der Waals surface area contributed by atoms with Crippen LogP contribution in [0.2, 0.25) is 0 Å². The van der Waals surface area contributed by atoms with Crippen LogP contribution in [0.3, 0.4) is 0 Å². The van der Waals surface area contributed by atoms with E-state index in [2.05, 4.69) is 25.6 Å². The molecule has 0 bridgehead atoms. The first-order valence-corrected chi connectivity index (χ1v) is 14.7. The van der Waals surface area contributed by atoms with E-state index in [0.29, 0.717) is 9.34 Å². The van der Waals surface area contributed by atoms with Crippen molar-refractivity contribution in [3.63, 3.8) is 0 Å². The molecule has 13 heteroatoms. The van der Waals surface area contributed by atoms with Gasteiger partial charge in [0.2, 0.25) is 27.0 Å². The highest BCUT2D eigenvalue weighted by atomic mass is 32.2. The maximum atomic E-state index is 13.7. The van der Waals surface area contributed by atoms with E-state index in [4.69, 9.17) is 12.2 Å². The van der Waals surface area contributed by atoms with Crippen molar-refractivity contribution < 1.29 is 18.0 Å². The number of rotatable bonds is 10. The summed E-state index contributed by atoms with van der Waals surface area (Å²) in [7, 11) is -0.383. The van der Waals surface area contributed by atoms with Crippen molar-refractivity contribution in [1.82, 2.24) is 20.2 Å². The van der Waals surface area contributed by atoms with E-state index < -0.39 is 33.9 Å². The number of benzene rings is 3. The smallest absolute Gasteiger partial charge is 0.248 e. The van der Waals surface area contributed by atoms with E-state index in [1.807, 2.05) is 37.2 Å². The van der Waals surface area contributed by atoms with Crippen molar-refractivity contribution in [2.45, 2.75) is 30.3 Å². The number of nitrogens with one attached hydrogen (secondary N) is 4. The van der Waals surface area contributed by atoms with Gasteiger partial charge in [0.05, 0.1) is 4.90 Å². The summed E-state index contributed by atoms with van der Waals surface area (Å²) >= 11 is 6.05. The largest absolute Gasteiger partial charge is 0.377 e. The van der Waals surface area contributed by atoms with Crippen molar-refractivity contribution >= 4 is 67.0 Å². The molecule has 4 aromatic rings. The minimum Gasteiger partial charge on any atom is -0.377 e. The van der Waals surface area contributed by atoms with Crippen LogP contribution in [0.4, 0.5) is 10.8 Å². The SMILES string of the molecule is CC(NC(=O)C(Cc1ccccc1)NS(=O)(=O)c1cccc2c(N(C)C)cccc12)C(=O)Nc1n[nH]c(=S)s1. The Bertz CT molecular complexity index is 1650. The summed E-state index contributed by atoms with van der Waals surface area (Å²) in [5, 5.41) is 13.2. The fourth-order valence-electron chi connectivity index (χ4n) is 4.05. The predicted molar refractivity (Wildman–Crippen MR) is 156 cm³/mol. The molecule has 4 N–H and O–H groups in total. The quantitative estimate of drug-likeness (QED) is 0.210. The molecular weight excluding hydrogens is 557 g/mol. The minimum atomic E-state index is -4.15. The average molecular weight is 585 g/mol. The van der Waals surface area contributed by atoms with Crippen LogP contribution in [0.25, 0.3) is 10.8 Å².